The molecule has 0 radical (unpaired) electrons. The largest absolute Gasteiger partial charge is 0.392 e. The van der Waals surface area contributed by atoms with Gasteiger partial charge < -0.3 is 15.5 Å². The molecule has 34 heavy (non-hydrogen) atoms. The number of aliphatic hydroxyl groups is 2. The molecule has 1 aromatic rings. The van der Waals surface area contributed by atoms with Gasteiger partial charge in [-0.05, 0) is 64.0 Å². The van der Waals surface area contributed by atoms with Crippen LogP contribution in [0.5, 0.6) is 0 Å². The molecule has 0 spiro atoms. The number of hydrogen-bond donors (Lipinski definition) is 3. The van der Waals surface area contributed by atoms with Gasteiger partial charge in [-0.1, -0.05) is 39.3 Å². The van der Waals surface area contributed by atoms with Crippen molar-refractivity contribution in [1.29, 1.82) is 0 Å². The summed E-state index contributed by atoms with van der Waals surface area (Å²) in [5, 5.41) is 27.7. The number of amides is 1. The van der Waals surface area contributed by atoms with Crippen LogP contribution in [-0.2, 0) is 9.59 Å². The summed E-state index contributed by atoms with van der Waals surface area (Å²) in [4.78, 5) is 30.6. The maximum atomic E-state index is 13.2. The molecule has 2 rings (SSSR count). The maximum absolute atomic E-state index is 13.2. The number of aryl methyl sites for hydroxylation is 1. The fourth-order valence-corrected chi connectivity index (χ4v) is 5.09. The molecule has 2 heterocycles. The maximum Gasteiger partial charge on any atom is 0.223 e. The van der Waals surface area contributed by atoms with Crippen LogP contribution in [-0.4, -0.2) is 45.1 Å². The van der Waals surface area contributed by atoms with Crippen molar-refractivity contribution >= 4 is 29.1 Å². The van der Waals surface area contributed by atoms with E-state index in [2.05, 4.69) is 23.3 Å². The van der Waals surface area contributed by atoms with Crippen LogP contribution in [0.1, 0.15) is 84.3 Å². The zero-order chi connectivity index (χ0) is 25.6. The van der Waals surface area contributed by atoms with Crippen molar-refractivity contribution in [2.45, 2.75) is 98.8 Å². The van der Waals surface area contributed by atoms with E-state index < -0.39 is 23.5 Å². The molecule has 1 amide bonds. The monoisotopic (exact) mass is 490 g/mol. The van der Waals surface area contributed by atoms with E-state index in [4.69, 9.17) is 0 Å². The number of aliphatic hydroxyl groups excluding tert-OH is 2. The molecule has 5 atom stereocenters. The molecule has 0 bridgehead atoms. The van der Waals surface area contributed by atoms with Crippen LogP contribution in [0.3, 0.4) is 0 Å². The van der Waals surface area contributed by atoms with Crippen LogP contribution in [0.25, 0.3) is 6.08 Å². The van der Waals surface area contributed by atoms with E-state index in [9.17, 15) is 19.8 Å². The van der Waals surface area contributed by atoms with Crippen molar-refractivity contribution < 1.29 is 19.8 Å². The van der Waals surface area contributed by atoms with Gasteiger partial charge in [0, 0.05) is 11.3 Å². The van der Waals surface area contributed by atoms with Gasteiger partial charge >= 0.3 is 0 Å². The van der Waals surface area contributed by atoms with Gasteiger partial charge in [-0.3, -0.25) is 9.59 Å². The van der Waals surface area contributed by atoms with Gasteiger partial charge in [0.15, 0.2) is 0 Å². The summed E-state index contributed by atoms with van der Waals surface area (Å²) in [5.74, 6) is -1.18. The predicted octanol–water partition coefficient (Wildman–Crippen LogP) is 4.84. The fourth-order valence-electron chi connectivity index (χ4n) is 4.52. The number of rotatable bonds is 2. The van der Waals surface area contributed by atoms with E-state index in [1.165, 1.54) is 5.57 Å². The molecule has 0 saturated heterocycles. The zero-order valence-electron chi connectivity index (χ0n) is 21.7. The van der Waals surface area contributed by atoms with E-state index in [0.717, 1.165) is 35.5 Å². The standard InChI is InChI=1S/C27H42N2O4S/c1-16-9-8-10-17(2)25(32)19(4)26(33)27(6,7)23(30)14-24(31)29-22(12-11-16)18(3)13-21-15-34-20(5)28-21/h11,13,15,17,19,22-23,25,30,32H,8-10,12,14H2,1-7H3,(H,29,31)/b16-11-,18-13+/t17?,19-,22?,23+,25+/m1/s1. The minimum atomic E-state index is -1.15. The molecule has 3 N–H and O–H groups in total. The van der Waals surface area contributed by atoms with Crippen molar-refractivity contribution in [3.63, 3.8) is 0 Å². The van der Waals surface area contributed by atoms with Gasteiger partial charge in [-0.15, -0.1) is 11.3 Å². The molecule has 1 aliphatic rings. The smallest absolute Gasteiger partial charge is 0.223 e. The van der Waals surface area contributed by atoms with Gasteiger partial charge in [-0.25, -0.2) is 4.98 Å². The van der Waals surface area contributed by atoms with E-state index in [0.29, 0.717) is 6.42 Å². The Bertz CT molecular complexity index is 917. The normalized spacial score (nSPS) is 32.1. The summed E-state index contributed by atoms with van der Waals surface area (Å²) in [6.07, 6.45) is 5.30. The highest BCUT2D eigenvalue weighted by molar-refractivity contribution is 7.09. The highest BCUT2D eigenvalue weighted by Gasteiger charge is 2.42. The second-order valence-corrected chi connectivity index (χ2v) is 11.6. The average Bonchev–Trinajstić information content (AvgIpc) is 3.18. The van der Waals surface area contributed by atoms with Crippen molar-refractivity contribution in [3.8, 4) is 0 Å². The lowest BCUT2D eigenvalue weighted by Gasteiger charge is -2.34. The first-order chi connectivity index (χ1) is 15.8. The predicted molar refractivity (Wildman–Crippen MR) is 138 cm³/mol. The van der Waals surface area contributed by atoms with Gasteiger partial charge in [0.1, 0.15) is 5.78 Å². The molecule has 7 heteroatoms. The number of Topliss-reactive ketones (excluding diaryl/α,β-unsaturated/α-hetero) is 1. The van der Waals surface area contributed by atoms with Crippen LogP contribution in [0, 0.1) is 24.2 Å². The van der Waals surface area contributed by atoms with Crippen LogP contribution in [0.4, 0.5) is 0 Å². The molecule has 0 aliphatic carbocycles. The number of carbonyl (C=O) groups excluding carboxylic acids is 2. The molecule has 190 valence electrons. The Kier molecular flexibility index (Phi) is 10.2. The lowest BCUT2D eigenvalue weighted by atomic mass is 9.73. The summed E-state index contributed by atoms with van der Waals surface area (Å²) in [7, 11) is 0. The van der Waals surface area contributed by atoms with E-state index >= 15 is 0 Å². The Hall–Kier alpha value is -1.83. The first-order valence-electron chi connectivity index (χ1n) is 12.3. The zero-order valence-corrected chi connectivity index (χ0v) is 22.5. The summed E-state index contributed by atoms with van der Waals surface area (Å²) in [6.45, 7) is 13.0. The third-order valence-electron chi connectivity index (χ3n) is 7.19. The van der Waals surface area contributed by atoms with Crippen LogP contribution >= 0.6 is 11.3 Å². The molecule has 2 unspecified atom stereocenters. The molecule has 6 nitrogen and oxygen atoms in total. The van der Waals surface area contributed by atoms with E-state index in [1.54, 1.807) is 32.1 Å². The first kappa shape index (κ1) is 28.4. The summed E-state index contributed by atoms with van der Waals surface area (Å²) >= 11 is 1.58. The number of nitrogens with zero attached hydrogens (tertiary/aromatic N) is 1. The van der Waals surface area contributed by atoms with E-state index in [-0.39, 0.29) is 30.1 Å². The quantitative estimate of drug-likeness (QED) is 0.515. The van der Waals surface area contributed by atoms with Gasteiger partial charge in [0.05, 0.1) is 40.8 Å². The number of carbonyl (C=O) groups is 2. The number of hydrogen-bond acceptors (Lipinski definition) is 6. The van der Waals surface area contributed by atoms with Gasteiger partial charge in [0.25, 0.3) is 0 Å². The second-order valence-electron chi connectivity index (χ2n) is 10.5. The van der Waals surface area contributed by atoms with Crippen molar-refractivity contribution in [2.24, 2.45) is 17.3 Å². The van der Waals surface area contributed by atoms with Gasteiger partial charge in [0.2, 0.25) is 5.91 Å². The van der Waals surface area contributed by atoms with Crippen LogP contribution in [0.15, 0.2) is 22.6 Å². The fraction of sp³-hybridized carbons (Fsp3) is 0.667. The molecule has 0 fully saturated rings. The SMILES string of the molecule is C/C1=C/CC(/C(C)=C/c2csc(C)n2)NC(=O)C[C@H](O)C(C)(C)C(=O)[C@H](C)[C@@H](O)C(C)CCC1. The minimum Gasteiger partial charge on any atom is -0.392 e. The van der Waals surface area contributed by atoms with Crippen molar-refractivity contribution in [1.82, 2.24) is 10.3 Å². The number of thiazole rings is 1. The number of ketones is 1. The topological polar surface area (TPSA) is 99.5 Å². The number of nitrogens with one attached hydrogen (secondary N) is 1. The second kappa shape index (κ2) is 12.2. The summed E-state index contributed by atoms with van der Waals surface area (Å²) in [5.41, 5.74) is 1.94. The highest BCUT2D eigenvalue weighted by Crippen LogP contribution is 2.32. The Morgan fingerprint density at radius 1 is 1.24 bits per heavy atom. The highest BCUT2D eigenvalue weighted by atomic mass is 32.1. The Labute approximate surface area is 208 Å². The third-order valence-corrected chi connectivity index (χ3v) is 7.98. The number of aromatic nitrogens is 1. The average molecular weight is 491 g/mol. The van der Waals surface area contributed by atoms with Crippen LogP contribution < -0.4 is 5.32 Å². The Morgan fingerprint density at radius 3 is 2.53 bits per heavy atom. The lowest BCUT2D eigenvalue weighted by Crippen LogP contribution is -2.47. The molecular weight excluding hydrogens is 448 g/mol. The summed E-state index contributed by atoms with van der Waals surface area (Å²) in [6, 6.07) is -0.233. The van der Waals surface area contributed by atoms with Gasteiger partial charge in [-0.2, -0.15) is 0 Å². The van der Waals surface area contributed by atoms with E-state index in [1.807, 2.05) is 32.2 Å². The molecule has 1 aliphatic heterocycles. The third kappa shape index (κ3) is 7.59. The summed E-state index contributed by atoms with van der Waals surface area (Å²) < 4.78 is 0. The molecule has 0 aromatic carbocycles. The lowest BCUT2D eigenvalue weighted by molar-refractivity contribution is -0.143. The van der Waals surface area contributed by atoms with Crippen molar-refractivity contribution in [2.75, 3.05) is 0 Å². The molecule has 0 saturated carbocycles. The Morgan fingerprint density at radius 2 is 1.91 bits per heavy atom. The number of allylic oxidation sites excluding steroid dienone is 1. The van der Waals surface area contributed by atoms with Crippen LogP contribution in [0.2, 0.25) is 0 Å². The first-order valence-corrected chi connectivity index (χ1v) is 13.2. The minimum absolute atomic E-state index is 0.0320. The molecule has 1 aromatic heterocycles. The van der Waals surface area contributed by atoms with Crippen molar-refractivity contribution in [3.05, 3.63) is 33.3 Å². The molecular formula is C27H42N2O4S. The Balaban J connectivity index is 2.33.